The number of hydrogen-bond donors (Lipinski definition) is 1. The Balaban J connectivity index is 2.20. The number of sulfonamides is 1. The molecule has 2 aromatic rings. The van der Waals surface area contributed by atoms with Crippen LogP contribution in [0.25, 0.3) is 10.1 Å². The van der Waals surface area contributed by atoms with Crippen LogP contribution in [0, 0.1) is 13.8 Å². The normalized spacial score (nSPS) is 19.8. The van der Waals surface area contributed by atoms with E-state index >= 15 is 0 Å². The van der Waals surface area contributed by atoms with Gasteiger partial charge in [-0.2, -0.15) is 4.31 Å². The molecule has 3 rings (SSSR count). The monoisotopic (exact) mass is 339 g/mol. The van der Waals surface area contributed by atoms with Gasteiger partial charge >= 0.3 is 5.97 Å². The van der Waals surface area contributed by atoms with Crippen molar-refractivity contribution in [2.75, 3.05) is 6.54 Å². The van der Waals surface area contributed by atoms with E-state index in [1.807, 2.05) is 19.1 Å². The second kappa shape index (κ2) is 5.33. The standard InChI is InChI=1S/C15H17NO4S2/c1-9-5-3-6-11-13(9)21-10(2)14(11)22(19,20)16-8-4-7-12(16)15(17)18/h3,5-6,12H,4,7-8H2,1-2H3,(H,17,18)/t12-/m0/s1. The average molecular weight is 339 g/mol. The smallest absolute Gasteiger partial charge is 0.322 e. The van der Waals surface area contributed by atoms with Crippen molar-refractivity contribution in [1.29, 1.82) is 0 Å². The number of rotatable bonds is 3. The van der Waals surface area contributed by atoms with Crippen LogP contribution in [0.3, 0.4) is 0 Å². The lowest BCUT2D eigenvalue weighted by Crippen LogP contribution is -2.40. The van der Waals surface area contributed by atoms with Gasteiger partial charge in [0.15, 0.2) is 0 Å². The van der Waals surface area contributed by atoms with Gasteiger partial charge < -0.3 is 5.11 Å². The summed E-state index contributed by atoms with van der Waals surface area (Å²) >= 11 is 1.45. The van der Waals surface area contributed by atoms with E-state index in [-0.39, 0.29) is 11.4 Å². The first kappa shape index (κ1) is 15.5. The lowest BCUT2D eigenvalue weighted by atomic mass is 10.2. The molecule has 7 heteroatoms. The van der Waals surface area contributed by atoms with Gasteiger partial charge in [0.1, 0.15) is 10.9 Å². The second-order valence-electron chi connectivity index (χ2n) is 5.55. The van der Waals surface area contributed by atoms with Crippen LogP contribution in [0.4, 0.5) is 0 Å². The third-order valence-corrected chi connectivity index (χ3v) is 7.57. The van der Waals surface area contributed by atoms with Crippen molar-refractivity contribution in [3.63, 3.8) is 0 Å². The molecule has 22 heavy (non-hydrogen) atoms. The molecule has 0 spiro atoms. The fraction of sp³-hybridized carbons (Fsp3) is 0.400. The molecule has 0 aliphatic carbocycles. The molecule has 1 saturated heterocycles. The summed E-state index contributed by atoms with van der Waals surface area (Å²) in [6, 6.07) is 4.63. The summed E-state index contributed by atoms with van der Waals surface area (Å²) in [7, 11) is -3.80. The Morgan fingerprint density at radius 2 is 2.09 bits per heavy atom. The largest absolute Gasteiger partial charge is 0.480 e. The van der Waals surface area contributed by atoms with Crippen molar-refractivity contribution in [2.45, 2.75) is 37.6 Å². The number of nitrogens with zero attached hydrogens (tertiary/aromatic N) is 1. The highest BCUT2D eigenvalue weighted by molar-refractivity contribution is 7.89. The van der Waals surface area contributed by atoms with Crippen LogP contribution in [0.5, 0.6) is 0 Å². The molecule has 1 aliphatic heterocycles. The molecular formula is C15H17NO4S2. The van der Waals surface area contributed by atoms with Gasteiger partial charge in [0, 0.05) is 21.5 Å². The van der Waals surface area contributed by atoms with E-state index in [2.05, 4.69) is 0 Å². The number of carboxylic acid groups (broad SMARTS) is 1. The van der Waals surface area contributed by atoms with Crippen molar-refractivity contribution in [3.8, 4) is 0 Å². The third-order valence-electron chi connectivity index (χ3n) is 4.09. The molecule has 1 aromatic heterocycles. The van der Waals surface area contributed by atoms with Crippen LogP contribution in [0.2, 0.25) is 0 Å². The van der Waals surface area contributed by atoms with Gasteiger partial charge in [-0.15, -0.1) is 11.3 Å². The predicted octanol–water partition coefficient (Wildman–Crippen LogP) is 2.76. The average Bonchev–Trinajstić information content (AvgIpc) is 3.03. The van der Waals surface area contributed by atoms with Crippen LogP contribution in [0.15, 0.2) is 23.1 Å². The maximum atomic E-state index is 13.0. The molecule has 118 valence electrons. The Bertz CT molecular complexity index is 854. The van der Waals surface area contributed by atoms with E-state index in [0.29, 0.717) is 23.1 Å². The van der Waals surface area contributed by atoms with E-state index < -0.39 is 22.0 Å². The lowest BCUT2D eigenvalue weighted by Gasteiger charge is -2.21. The molecule has 1 aromatic carbocycles. The molecule has 0 saturated carbocycles. The summed E-state index contributed by atoms with van der Waals surface area (Å²) in [4.78, 5) is 12.3. The van der Waals surface area contributed by atoms with Crippen LogP contribution in [-0.4, -0.2) is 36.4 Å². The van der Waals surface area contributed by atoms with Crippen LogP contribution < -0.4 is 0 Å². The number of hydrogen-bond acceptors (Lipinski definition) is 4. The van der Waals surface area contributed by atoms with E-state index in [1.54, 1.807) is 13.0 Å². The van der Waals surface area contributed by atoms with Crippen molar-refractivity contribution in [3.05, 3.63) is 28.6 Å². The van der Waals surface area contributed by atoms with Crippen molar-refractivity contribution < 1.29 is 18.3 Å². The lowest BCUT2D eigenvalue weighted by molar-refractivity contribution is -0.140. The van der Waals surface area contributed by atoms with E-state index in [1.165, 1.54) is 11.3 Å². The molecule has 0 unspecified atom stereocenters. The van der Waals surface area contributed by atoms with Gasteiger partial charge in [-0.25, -0.2) is 8.42 Å². The van der Waals surface area contributed by atoms with Crippen LogP contribution >= 0.6 is 11.3 Å². The zero-order chi connectivity index (χ0) is 16.1. The van der Waals surface area contributed by atoms with Crippen molar-refractivity contribution in [2.24, 2.45) is 0 Å². The minimum Gasteiger partial charge on any atom is -0.480 e. The zero-order valence-corrected chi connectivity index (χ0v) is 14.0. The van der Waals surface area contributed by atoms with Gasteiger partial charge in [-0.1, -0.05) is 18.2 Å². The Kier molecular flexibility index (Phi) is 3.74. The molecule has 1 aliphatic rings. The Morgan fingerprint density at radius 3 is 2.77 bits per heavy atom. The van der Waals surface area contributed by atoms with Gasteiger partial charge in [0.2, 0.25) is 10.0 Å². The highest BCUT2D eigenvalue weighted by atomic mass is 32.2. The van der Waals surface area contributed by atoms with Gasteiger partial charge in [0.25, 0.3) is 0 Å². The summed E-state index contributed by atoms with van der Waals surface area (Å²) < 4.78 is 28.1. The predicted molar refractivity (Wildman–Crippen MR) is 85.8 cm³/mol. The fourth-order valence-electron chi connectivity index (χ4n) is 3.07. The zero-order valence-electron chi connectivity index (χ0n) is 12.4. The molecule has 0 radical (unpaired) electrons. The molecule has 0 bridgehead atoms. The van der Waals surface area contributed by atoms with Crippen molar-refractivity contribution in [1.82, 2.24) is 4.31 Å². The Hall–Kier alpha value is -1.44. The van der Waals surface area contributed by atoms with E-state index in [4.69, 9.17) is 0 Å². The number of benzene rings is 1. The third kappa shape index (κ3) is 2.24. The molecule has 1 N–H and O–H groups in total. The first-order chi connectivity index (χ1) is 10.3. The first-order valence-corrected chi connectivity index (χ1v) is 9.33. The summed E-state index contributed by atoms with van der Waals surface area (Å²) in [5, 5.41) is 9.96. The number of thiophene rings is 1. The highest BCUT2D eigenvalue weighted by Crippen LogP contribution is 2.39. The minimum atomic E-state index is -3.80. The van der Waals surface area contributed by atoms with Gasteiger partial charge in [0.05, 0.1) is 0 Å². The minimum absolute atomic E-state index is 0.266. The summed E-state index contributed by atoms with van der Waals surface area (Å²) in [6.07, 6.45) is 0.949. The molecule has 5 nitrogen and oxygen atoms in total. The van der Waals surface area contributed by atoms with E-state index in [0.717, 1.165) is 14.6 Å². The number of fused-ring (bicyclic) bond motifs is 1. The molecule has 0 amide bonds. The van der Waals surface area contributed by atoms with Gasteiger partial charge in [-0.05, 0) is 32.3 Å². The summed E-state index contributed by atoms with van der Waals surface area (Å²) in [5.41, 5.74) is 1.03. The quantitative estimate of drug-likeness (QED) is 0.933. The topological polar surface area (TPSA) is 74.7 Å². The number of carbonyl (C=O) groups is 1. The Labute approximate surface area is 133 Å². The highest BCUT2D eigenvalue weighted by Gasteiger charge is 2.41. The number of aliphatic carboxylic acids is 1. The Morgan fingerprint density at radius 1 is 1.36 bits per heavy atom. The SMILES string of the molecule is Cc1sc2c(C)cccc2c1S(=O)(=O)N1CCC[C@H]1C(=O)O. The first-order valence-electron chi connectivity index (χ1n) is 7.07. The number of carboxylic acids is 1. The maximum Gasteiger partial charge on any atom is 0.322 e. The number of aryl methyl sites for hydroxylation is 2. The molecule has 2 heterocycles. The maximum absolute atomic E-state index is 13.0. The fourth-order valence-corrected chi connectivity index (χ4v) is 6.54. The van der Waals surface area contributed by atoms with Gasteiger partial charge in [-0.3, -0.25) is 4.79 Å². The summed E-state index contributed by atoms with van der Waals surface area (Å²) in [6.45, 7) is 4.00. The molecule has 1 atom stereocenters. The second-order valence-corrected chi connectivity index (χ2v) is 8.60. The molecular weight excluding hydrogens is 322 g/mol. The van der Waals surface area contributed by atoms with Crippen molar-refractivity contribution >= 4 is 37.4 Å². The summed E-state index contributed by atoms with van der Waals surface area (Å²) in [5.74, 6) is -1.07. The van der Waals surface area contributed by atoms with Crippen LogP contribution in [0.1, 0.15) is 23.3 Å². The molecule has 1 fully saturated rings. The van der Waals surface area contributed by atoms with Crippen LogP contribution in [-0.2, 0) is 14.8 Å². The van der Waals surface area contributed by atoms with E-state index in [9.17, 15) is 18.3 Å².